The number of fused-ring (bicyclic) bond motifs is 1. The number of piperidine rings is 1. The third kappa shape index (κ3) is 3.04. The summed E-state index contributed by atoms with van der Waals surface area (Å²) in [4.78, 5) is 6.00. The van der Waals surface area contributed by atoms with Gasteiger partial charge < -0.3 is 9.88 Å². The van der Waals surface area contributed by atoms with Gasteiger partial charge >= 0.3 is 0 Å². The number of hydrogen-bond acceptors (Lipinski definition) is 2. The molecule has 0 unspecified atom stereocenters. The third-order valence-electron chi connectivity index (χ3n) is 5.09. The summed E-state index contributed by atoms with van der Waals surface area (Å²) in [6, 6.07) is 10.8. The normalized spacial score (nSPS) is 17.1. The second-order valence-electron chi connectivity index (χ2n) is 6.70. The van der Waals surface area contributed by atoms with Crippen molar-refractivity contribution in [2.24, 2.45) is 0 Å². The summed E-state index contributed by atoms with van der Waals surface area (Å²) in [6.45, 7) is 5.55. The minimum absolute atomic E-state index is 0.690. The molecular formula is C19H24N4. The van der Waals surface area contributed by atoms with Crippen molar-refractivity contribution in [3.8, 4) is 0 Å². The highest BCUT2D eigenvalue weighted by Gasteiger charge is 2.22. The molecular weight excluding hydrogens is 284 g/mol. The van der Waals surface area contributed by atoms with Gasteiger partial charge in [-0.2, -0.15) is 5.10 Å². The first-order valence-corrected chi connectivity index (χ1v) is 8.59. The third-order valence-corrected chi connectivity index (χ3v) is 5.09. The molecule has 0 saturated carbocycles. The van der Waals surface area contributed by atoms with Crippen molar-refractivity contribution >= 4 is 10.9 Å². The summed E-state index contributed by atoms with van der Waals surface area (Å²) in [5.41, 5.74) is 5.10. The van der Waals surface area contributed by atoms with Gasteiger partial charge in [0.15, 0.2) is 0 Å². The molecule has 1 aliphatic heterocycles. The van der Waals surface area contributed by atoms with Crippen LogP contribution in [0.25, 0.3) is 10.9 Å². The van der Waals surface area contributed by atoms with E-state index in [2.05, 4.69) is 63.5 Å². The van der Waals surface area contributed by atoms with E-state index in [0.29, 0.717) is 5.92 Å². The van der Waals surface area contributed by atoms with Crippen molar-refractivity contribution in [2.75, 3.05) is 19.6 Å². The molecule has 2 N–H and O–H groups in total. The molecule has 1 aliphatic rings. The van der Waals surface area contributed by atoms with Gasteiger partial charge in [-0.1, -0.05) is 18.2 Å². The molecule has 1 saturated heterocycles. The fourth-order valence-corrected chi connectivity index (χ4v) is 3.77. The molecule has 3 heterocycles. The van der Waals surface area contributed by atoms with E-state index in [-0.39, 0.29) is 0 Å². The number of nitrogens with zero attached hydrogens (tertiary/aromatic N) is 2. The summed E-state index contributed by atoms with van der Waals surface area (Å²) in [5.74, 6) is 0.690. The van der Waals surface area contributed by atoms with Crippen LogP contribution in [0.15, 0.2) is 36.5 Å². The zero-order valence-electron chi connectivity index (χ0n) is 13.7. The molecule has 0 bridgehead atoms. The monoisotopic (exact) mass is 308 g/mol. The number of hydrogen-bond donors (Lipinski definition) is 2. The first kappa shape index (κ1) is 14.5. The van der Waals surface area contributed by atoms with Crippen molar-refractivity contribution in [1.82, 2.24) is 20.1 Å². The largest absolute Gasteiger partial charge is 0.361 e. The van der Waals surface area contributed by atoms with Crippen LogP contribution in [0.5, 0.6) is 0 Å². The number of likely N-dealkylation sites (tertiary alicyclic amines) is 1. The van der Waals surface area contributed by atoms with E-state index in [9.17, 15) is 0 Å². The number of nitrogens with one attached hydrogen (secondary N) is 2. The van der Waals surface area contributed by atoms with Gasteiger partial charge in [-0.15, -0.1) is 0 Å². The highest BCUT2D eigenvalue weighted by molar-refractivity contribution is 5.83. The Kier molecular flexibility index (Phi) is 3.92. The van der Waals surface area contributed by atoms with Crippen LogP contribution >= 0.6 is 0 Å². The average molecular weight is 308 g/mol. The van der Waals surface area contributed by atoms with E-state index in [1.165, 1.54) is 48.1 Å². The van der Waals surface area contributed by atoms with E-state index in [4.69, 9.17) is 0 Å². The Morgan fingerprint density at radius 3 is 2.83 bits per heavy atom. The highest BCUT2D eigenvalue weighted by atomic mass is 15.1. The van der Waals surface area contributed by atoms with Crippen LogP contribution < -0.4 is 0 Å². The van der Waals surface area contributed by atoms with Gasteiger partial charge in [0.2, 0.25) is 0 Å². The first-order valence-electron chi connectivity index (χ1n) is 8.59. The molecule has 120 valence electrons. The van der Waals surface area contributed by atoms with E-state index in [1.54, 1.807) is 0 Å². The number of aryl methyl sites for hydroxylation is 1. The molecule has 4 rings (SSSR count). The molecule has 2 aromatic heterocycles. The fraction of sp³-hybridized carbons (Fsp3) is 0.421. The Labute approximate surface area is 136 Å². The number of H-pyrrole nitrogens is 2. The Morgan fingerprint density at radius 2 is 2.04 bits per heavy atom. The summed E-state index contributed by atoms with van der Waals surface area (Å²) in [7, 11) is 0. The van der Waals surface area contributed by atoms with Gasteiger partial charge in [0.1, 0.15) is 0 Å². The van der Waals surface area contributed by atoms with E-state index in [0.717, 1.165) is 18.7 Å². The summed E-state index contributed by atoms with van der Waals surface area (Å²) < 4.78 is 0. The standard InChI is InChI=1S/C19H24N4/c1-14-12-16(22-21-14)8-11-23-9-6-15(7-10-23)18-13-20-19-5-3-2-4-17(18)19/h2-5,12-13,15,20H,6-11H2,1H3,(H,21,22). The van der Waals surface area contributed by atoms with Crippen molar-refractivity contribution < 1.29 is 0 Å². The Bertz CT molecular complexity index is 777. The van der Waals surface area contributed by atoms with Gasteiger partial charge in [-0.05, 0) is 56.5 Å². The maximum Gasteiger partial charge on any atom is 0.0637 e. The van der Waals surface area contributed by atoms with Gasteiger partial charge in [-0.25, -0.2) is 0 Å². The molecule has 0 aliphatic carbocycles. The zero-order chi connectivity index (χ0) is 15.6. The predicted octanol–water partition coefficient (Wildman–Crippen LogP) is 3.62. The second-order valence-corrected chi connectivity index (χ2v) is 6.70. The van der Waals surface area contributed by atoms with Crippen LogP contribution in [-0.4, -0.2) is 39.7 Å². The molecule has 1 fully saturated rings. The van der Waals surface area contributed by atoms with Crippen LogP contribution in [0.1, 0.15) is 35.7 Å². The zero-order valence-corrected chi connectivity index (χ0v) is 13.7. The minimum Gasteiger partial charge on any atom is -0.361 e. The fourth-order valence-electron chi connectivity index (χ4n) is 3.77. The topological polar surface area (TPSA) is 47.7 Å². The van der Waals surface area contributed by atoms with Crippen LogP contribution in [0.4, 0.5) is 0 Å². The lowest BCUT2D eigenvalue weighted by molar-refractivity contribution is 0.214. The molecule has 0 spiro atoms. The molecule has 4 nitrogen and oxygen atoms in total. The predicted molar refractivity (Wildman–Crippen MR) is 93.7 cm³/mol. The molecule has 4 heteroatoms. The van der Waals surface area contributed by atoms with Crippen molar-refractivity contribution in [3.05, 3.63) is 53.5 Å². The number of aromatic nitrogens is 3. The van der Waals surface area contributed by atoms with Crippen LogP contribution in [0.2, 0.25) is 0 Å². The smallest absolute Gasteiger partial charge is 0.0637 e. The number of aromatic amines is 2. The lowest BCUT2D eigenvalue weighted by Gasteiger charge is -2.31. The first-order chi connectivity index (χ1) is 11.3. The second kappa shape index (κ2) is 6.20. The maximum absolute atomic E-state index is 4.33. The summed E-state index contributed by atoms with van der Waals surface area (Å²) >= 11 is 0. The summed E-state index contributed by atoms with van der Waals surface area (Å²) in [5, 5.41) is 8.76. The highest BCUT2D eigenvalue weighted by Crippen LogP contribution is 2.33. The van der Waals surface area contributed by atoms with Gasteiger partial charge in [0.25, 0.3) is 0 Å². The van der Waals surface area contributed by atoms with E-state index < -0.39 is 0 Å². The van der Waals surface area contributed by atoms with Crippen LogP contribution in [0, 0.1) is 6.92 Å². The average Bonchev–Trinajstić information content (AvgIpc) is 3.20. The lowest BCUT2D eigenvalue weighted by Crippen LogP contribution is -2.34. The van der Waals surface area contributed by atoms with Crippen molar-refractivity contribution in [3.63, 3.8) is 0 Å². The Morgan fingerprint density at radius 1 is 1.22 bits per heavy atom. The quantitative estimate of drug-likeness (QED) is 0.773. The summed E-state index contributed by atoms with van der Waals surface area (Å²) in [6.07, 6.45) is 5.77. The van der Waals surface area contributed by atoms with Crippen molar-refractivity contribution in [2.45, 2.75) is 32.1 Å². The maximum atomic E-state index is 4.33. The number of rotatable bonds is 4. The minimum atomic E-state index is 0.690. The van der Waals surface area contributed by atoms with E-state index in [1.807, 2.05) is 0 Å². The Balaban J connectivity index is 1.35. The molecule has 3 aromatic rings. The SMILES string of the molecule is Cc1cc(CCN2CCC(c3c[nH]c4ccccc34)CC2)n[nH]1. The number of para-hydroxylation sites is 1. The van der Waals surface area contributed by atoms with E-state index >= 15 is 0 Å². The van der Waals surface area contributed by atoms with Crippen molar-refractivity contribution in [1.29, 1.82) is 0 Å². The lowest BCUT2D eigenvalue weighted by atomic mass is 9.89. The number of benzene rings is 1. The molecule has 0 amide bonds. The van der Waals surface area contributed by atoms with Crippen LogP contribution in [-0.2, 0) is 6.42 Å². The molecule has 0 atom stereocenters. The van der Waals surface area contributed by atoms with Gasteiger partial charge in [0.05, 0.1) is 5.69 Å². The van der Waals surface area contributed by atoms with Gasteiger partial charge in [0, 0.05) is 35.8 Å². The van der Waals surface area contributed by atoms with Gasteiger partial charge in [-0.3, -0.25) is 5.10 Å². The molecule has 23 heavy (non-hydrogen) atoms. The molecule has 1 aromatic carbocycles. The Hall–Kier alpha value is -2.07. The molecule has 0 radical (unpaired) electrons. The van der Waals surface area contributed by atoms with Crippen LogP contribution in [0.3, 0.4) is 0 Å².